The lowest BCUT2D eigenvalue weighted by molar-refractivity contribution is -0.140. The largest absolute Gasteiger partial charge is 0.469 e. The molecule has 0 fully saturated rings. The van der Waals surface area contributed by atoms with Crippen molar-refractivity contribution in [2.75, 3.05) is 26.7 Å². The molecule has 1 rings (SSSR count). The first-order chi connectivity index (χ1) is 10.9. The van der Waals surface area contributed by atoms with E-state index in [1.807, 2.05) is 25.1 Å². The topological polar surface area (TPSA) is 75.7 Å². The number of hydrogen-bond acceptors (Lipinski definition) is 4. The summed E-state index contributed by atoms with van der Waals surface area (Å²) in [6.07, 6.45) is 0.770. The van der Waals surface area contributed by atoms with Crippen molar-refractivity contribution in [3.63, 3.8) is 0 Å². The molecular formula is C17H24N2O4. The van der Waals surface area contributed by atoms with Gasteiger partial charge in [0.2, 0.25) is 5.91 Å². The number of aryl methyl sites for hydroxylation is 1. The highest BCUT2D eigenvalue weighted by atomic mass is 16.5. The van der Waals surface area contributed by atoms with Gasteiger partial charge in [0.25, 0.3) is 5.91 Å². The number of hydrogen-bond donors (Lipinski definition) is 1. The highest BCUT2D eigenvalue weighted by molar-refractivity contribution is 5.94. The molecule has 23 heavy (non-hydrogen) atoms. The molecular weight excluding hydrogens is 296 g/mol. The van der Waals surface area contributed by atoms with Gasteiger partial charge >= 0.3 is 5.97 Å². The van der Waals surface area contributed by atoms with Crippen molar-refractivity contribution in [3.05, 3.63) is 35.4 Å². The molecule has 0 saturated carbocycles. The lowest BCUT2D eigenvalue weighted by Crippen LogP contribution is -2.35. The molecule has 0 aromatic heterocycles. The predicted octanol–water partition coefficient (Wildman–Crippen LogP) is 1.53. The number of carbonyl (C=O) groups excluding carboxylic acids is 3. The lowest BCUT2D eigenvalue weighted by atomic mass is 10.1. The minimum absolute atomic E-state index is 0.101. The zero-order valence-electron chi connectivity index (χ0n) is 13.9. The maximum Gasteiger partial charge on any atom is 0.307 e. The number of benzene rings is 1. The van der Waals surface area contributed by atoms with Crippen LogP contribution < -0.4 is 5.32 Å². The zero-order valence-corrected chi connectivity index (χ0v) is 13.9. The third-order valence-corrected chi connectivity index (χ3v) is 3.34. The van der Waals surface area contributed by atoms with Gasteiger partial charge in [-0.2, -0.15) is 0 Å². The van der Waals surface area contributed by atoms with Gasteiger partial charge in [-0.05, 0) is 25.5 Å². The van der Waals surface area contributed by atoms with Crippen LogP contribution in [0.4, 0.5) is 0 Å². The minimum Gasteiger partial charge on any atom is -0.469 e. The van der Waals surface area contributed by atoms with Crippen LogP contribution in [0.1, 0.15) is 35.7 Å². The predicted molar refractivity (Wildman–Crippen MR) is 87.0 cm³/mol. The Hall–Kier alpha value is -2.37. The van der Waals surface area contributed by atoms with E-state index >= 15 is 0 Å². The van der Waals surface area contributed by atoms with E-state index in [0.29, 0.717) is 31.6 Å². The minimum atomic E-state index is -0.353. The van der Waals surface area contributed by atoms with E-state index < -0.39 is 0 Å². The first-order valence-electron chi connectivity index (χ1n) is 7.61. The van der Waals surface area contributed by atoms with Crippen LogP contribution in [0.2, 0.25) is 0 Å². The molecule has 0 aliphatic rings. The lowest BCUT2D eigenvalue weighted by Gasteiger charge is -2.22. The number of carbonyl (C=O) groups is 3. The van der Waals surface area contributed by atoms with Crippen LogP contribution in [0.25, 0.3) is 0 Å². The third-order valence-electron chi connectivity index (χ3n) is 3.34. The summed E-state index contributed by atoms with van der Waals surface area (Å²) >= 11 is 0. The van der Waals surface area contributed by atoms with Crippen molar-refractivity contribution in [1.82, 2.24) is 10.2 Å². The maximum atomic E-state index is 12.6. The van der Waals surface area contributed by atoms with Gasteiger partial charge in [-0.3, -0.25) is 14.4 Å². The quantitative estimate of drug-likeness (QED) is 0.582. The van der Waals surface area contributed by atoms with Gasteiger partial charge in [0.15, 0.2) is 0 Å². The molecule has 6 nitrogen and oxygen atoms in total. The molecule has 0 aliphatic heterocycles. The zero-order chi connectivity index (χ0) is 17.2. The van der Waals surface area contributed by atoms with Crippen molar-refractivity contribution in [2.45, 2.75) is 26.7 Å². The van der Waals surface area contributed by atoms with E-state index in [9.17, 15) is 14.4 Å². The maximum absolute atomic E-state index is 12.6. The van der Waals surface area contributed by atoms with E-state index in [-0.39, 0.29) is 24.2 Å². The summed E-state index contributed by atoms with van der Waals surface area (Å²) < 4.78 is 4.63. The van der Waals surface area contributed by atoms with Crippen LogP contribution in [0, 0.1) is 6.92 Å². The van der Waals surface area contributed by atoms with Crippen molar-refractivity contribution >= 4 is 17.8 Å². The fourth-order valence-electron chi connectivity index (χ4n) is 2.14. The van der Waals surface area contributed by atoms with E-state index in [1.165, 1.54) is 14.0 Å². The van der Waals surface area contributed by atoms with Crippen molar-refractivity contribution in [3.8, 4) is 0 Å². The molecule has 0 radical (unpaired) electrons. The SMILES string of the molecule is COC(=O)CCN(CCCNC(C)=O)C(=O)c1cccc(C)c1. The van der Waals surface area contributed by atoms with E-state index in [2.05, 4.69) is 10.1 Å². The van der Waals surface area contributed by atoms with Gasteiger partial charge in [0, 0.05) is 32.1 Å². The highest BCUT2D eigenvalue weighted by Gasteiger charge is 2.17. The van der Waals surface area contributed by atoms with E-state index in [4.69, 9.17) is 0 Å². The Labute approximate surface area is 136 Å². The fraction of sp³-hybridized carbons (Fsp3) is 0.471. The molecule has 2 amide bonds. The second-order valence-electron chi connectivity index (χ2n) is 5.32. The molecule has 0 spiro atoms. The number of esters is 1. The number of methoxy groups -OCH3 is 1. The first kappa shape index (κ1) is 18.7. The number of nitrogens with zero attached hydrogens (tertiary/aromatic N) is 1. The molecule has 0 saturated heterocycles. The number of ether oxygens (including phenoxy) is 1. The molecule has 126 valence electrons. The van der Waals surface area contributed by atoms with E-state index in [1.54, 1.807) is 11.0 Å². The monoisotopic (exact) mass is 320 g/mol. The second kappa shape index (κ2) is 9.61. The van der Waals surface area contributed by atoms with Crippen LogP contribution >= 0.6 is 0 Å². The Kier molecular flexibility index (Phi) is 7.80. The Balaban J connectivity index is 2.70. The Bertz CT molecular complexity index is 557. The molecule has 1 aromatic carbocycles. The number of amides is 2. The van der Waals surface area contributed by atoms with Crippen LogP contribution in [-0.4, -0.2) is 49.4 Å². The summed E-state index contributed by atoms with van der Waals surface area (Å²) in [5.74, 6) is -0.578. The average Bonchev–Trinajstić information content (AvgIpc) is 2.52. The summed E-state index contributed by atoms with van der Waals surface area (Å²) in [5.41, 5.74) is 1.59. The van der Waals surface area contributed by atoms with Crippen molar-refractivity contribution in [1.29, 1.82) is 0 Å². The highest BCUT2D eigenvalue weighted by Crippen LogP contribution is 2.09. The van der Waals surface area contributed by atoms with Gasteiger partial charge in [-0.1, -0.05) is 17.7 Å². The van der Waals surface area contributed by atoms with Gasteiger partial charge in [0.1, 0.15) is 0 Å². The normalized spacial score (nSPS) is 10.0. The molecule has 0 heterocycles. The summed E-state index contributed by atoms with van der Waals surface area (Å²) in [6, 6.07) is 7.33. The van der Waals surface area contributed by atoms with Crippen molar-refractivity contribution < 1.29 is 19.1 Å². The third kappa shape index (κ3) is 6.95. The van der Waals surface area contributed by atoms with Gasteiger partial charge in [-0.15, -0.1) is 0 Å². The van der Waals surface area contributed by atoms with Crippen LogP contribution in [0.15, 0.2) is 24.3 Å². The van der Waals surface area contributed by atoms with Crippen LogP contribution in [-0.2, 0) is 14.3 Å². The number of rotatable bonds is 8. The van der Waals surface area contributed by atoms with Gasteiger partial charge in [0.05, 0.1) is 13.5 Å². The molecule has 0 bridgehead atoms. The Morgan fingerprint density at radius 1 is 1.22 bits per heavy atom. The smallest absolute Gasteiger partial charge is 0.307 e. The molecule has 6 heteroatoms. The van der Waals surface area contributed by atoms with Gasteiger partial charge < -0.3 is 15.0 Å². The summed E-state index contributed by atoms with van der Waals surface area (Å²) in [4.78, 5) is 36.4. The summed E-state index contributed by atoms with van der Waals surface area (Å²) in [6.45, 7) is 4.62. The first-order valence-corrected chi connectivity index (χ1v) is 7.61. The van der Waals surface area contributed by atoms with Crippen LogP contribution in [0.3, 0.4) is 0 Å². The van der Waals surface area contributed by atoms with Crippen LogP contribution in [0.5, 0.6) is 0 Å². The van der Waals surface area contributed by atoms with E-state index in [0.717, 1.165) is 5.56 Å². The molecule has 0 aliphatic carbocycles. The van der Waals surface area contributed by atoms with Gasteiger partial charge in [-0.25, -0.2) is 0 Å². The number of nitrogens with one attached hydrogen (secondary N) is 1. The molecule has 1 N–H and O–H groups in total. The standard InChI is InChI=1S/C17H24N2O4/c1-13-6-4-7-15(12-13)17(22)19(11-8-16(21)23-3)10-5-9-18-14(2)20/h4,6-7,12H,5,8-11H2,1-3H3,(H,18,20). The summed E-state index contributed by atoms with van der Waals surface area (Å²) in [5, 5.41) is 2.70. The van der Waals surface area contributed by atoms with Crippen molar-refractivity contribution in [2.24, 2.45) is 0 Å². The average molecular weight is 320 g/mol. The Morgan fingerprint density at radius 2 is 1.96 bits per heavy atom. The summed E-state index contributed by atoms with van der Waals surface area (Å²) in [7, 11) is 1.33. The molecule has 0 atom stereocenters. The second-order valence-corrected chi connectivity index (χ2v) is 5.32. The molecule has 1 aromatic rings. The Morgan fingerprint density at radius 3 is 2.57 bits per heavy atom. The fourth-order valence-corrected chi connectivity index (χ4v) is 2.14. The molecule has 0 unspecified atom stereocenters.